The first-order chi connectivity index (χ1) is 13.0. The van der Waals surface area contributed by atoms with Crippen LogP contribution in [0.4, 0.5) is 0 Å². The van der Waals surface area contributed by atoms with E-state index >= 15 is 0 Å². The summed E-state index contributed by atoms with van der Waals surface area (Å²) >= 11 is 1.15. The maximum Gasteiger partial charge on any atom is 0.284 e. The lowest BCUT2D eigenvalue weighted by atomic mass is 10.1. The van der Waals surface area contributed by atoms with Crippen molar-refractivity contribution in [2.24, 2.45) is 4.40 Å². The van der Waals surface area contributed by atoms with Crippen LogP contribution in [0.25, 0.3) is 0 Å². The Morgan fingerprint density at radius 2 is 1.81 bits per heavy atom. The smallest absolute Gasteiger partial charge is 0.284 e. The summed E-state index contributed by atoms with van der Waals surface area (Å²) in [5.74, 6) is -0.193. The second kappa shape index (κ2) is 8.10. The number of hydrogen-bond donors (Lipinski definition) is 0. The highest BCUT2D eigenvalue weighted by Gasteiger charge is 2.39. The molecule has 140 valence electrons. The molecular weight excluding hydrogens is 380 g/mol. The standard InChI is InChI=1S/C20H20N2O3S2/c1-3-14-22-19(23)18(16-8-6-5-7-9-16)26-20(22)21-27(24,25)17-12-10-15(4-2)11-13-17/h3,5-13,18H,1,4,14H2,2H3/b21-20+. The maximum absolute atomic E-state index is 12.8. The van der Waals surface area contributed by atoms with Gasteiger partial charge in [0, 0.05) is 6.54 Å². The highest BCUT2D eigenvalue weighted by Crippen LogP contribution is 2.40. The van der Waals surface area contributed by atoms with Crippen LogP contribution in [0.1, 0.15) is 23.3 Å². The topological polar surface area (TPSA) is 66.8 Å². The van der Waals surface area contributed by atoms with E-state index < -0.39 is 15.3 Å². The first-order valence-electron chi connectivity index (χ1n) is 8.54. The summed E-state index contributed by atoms with van der Waals surface area (Å²) in [6.45, 7) is 5.86. The lowest BCUT2D eigenvalue weighted by molar-refractivity contribution is -0.125. The van der Waals surface area contributed by atoms with Crippen molar-refractivity contribution >= 4 is 32.9 Å². The summed E-state index contributed by atoms with van der Waals surface area (Å²) in [6, 6.07) is 15.9. The molecule has 5 nitrogen and oxygen atoms in total. The van der Waals surface area contributed by atoms with E-state index in [0.29, 0.717) is 0 Å². The number of amides is 1. The minimum Gasteiger partial charge on any atom is -0.285 e. The third kappa shape index (κ3) is 4.14. The molecular formula is C20H20N2O3S2. The lowest BCUT2D eigenvalue weighted by Crippen LogP contribution is -2.30. The van der Waals surface area contributed by atoms with Crippen LogP contribution < -0.4 is 0 Å². The molecule has 1 unspecified atom stereocenters. The normalized spacial score (nSPS) is 18.9. The van der Waals surface area contributed by atoms with Gasteiger partial charge in [0.2, 0.25) is 5.91 Å². The molecule has 3 rings (SSSR count). The minimum atomic E-state index is -3.91. The lowest BCUT2D eigenvalue weighted by Gasteiger charge is -2.13. The Morgan fingerprint density at radius 3 is 2.41 bits per heavy atom. The molecule has 2 aromatic carbocycles. The van der Waals surface area contributed by atoms with E-state index in [-0.39, 0.29) is 22.5 Å². The Balaban J connectivity index is 1.96. The van der Waals surface area contributed by atoms with Gasteiger partial charge >= 0.3 is 0 Å². The number of sulfonamides is 1. The molecule has 0 N–H and O–H groups in total. The molecule has 1 heterocycles. The van der Waals surface area contributed by atoms with Gasteiger partial charge in [-0.3, -0.25) is 9.69 Å². The number of nitrogens with zero attached hydrogens (tertiary/aromatic N) is 2. The van der Waals surface area contributed by atoms with Crippen LogP contribution in [0.15, 0.2) is 76.5 Å². The zero-order valence-electron chi connectivity index (χ0n) is 14.9. The first kappa shape index (κ1) is 19.4. The van der Waals surface area contributed by atoms with Gasteiger partial charge in [0.15, 0.2) is 5.17 Å². The van der Waals surface area contributed by atoms with Crippen molar-refractivity contribution in [3.63, 3.8) is 0 Å². The van der Waals surface area contributed by atoms with E-state index in [1.165, 1.54) is 4.90 Å². The van der Waals surface area contributed by atoms with Gasteiger partial charge in [0.25, 0.3) is 10.0 Å². The largest absolute Gasteiger partial charge is 0.285 e. The van der Waals surface area contributed by atoms with Crippen molar-refractivity contribution in [3.05, 3.63) is 78.4 Å². The van der Waals surface area contributed by atoms with Crippen LogP contribution in [0.3, 0.4) is 0 Å². The fourth-order valence-electron chi connectivity index (χ4n) is 2.71. The summed E-state index contributed by atoms with van der Waals surface area (Å²) in [6.07, 6.45) is 2.38. The molecule has 1 aliphatic heterocycles. The van der Waals surface area contributed by atoms with E-state index in [0.717, 1.165) is 29.3 Å². The van der Waals surface area contributed by atoms with Crippen molar-refractivity contribution < 1.29 is 13.2 Å². The van der Waals surface area contributed by atoms with Crippen LogP contribution in [0, 0.1) is 0 Å². The van der Waals surface area contributed by atoms with E-state index in [4.69, 9.17) is 0 Å². The average molecular weight is 401 g/mol. The molecule has 1 saturated heterocycles. The van der Waals surface area contributed by atoms with Crippen LogP contribution in [-0.2, 0) is 21.2 Å². The van der Waals surface area contributed by atoms with Gasteiger partial charge in [-0.05, 0) is 29.7 Å². The van der Waals surface area contributed by atoms with Crippen molar-refractivity contribution in [1.82, 2.24) is 4.90 Å². The van der Waals surface area contributed by atoms with Crippen LogP contribution in [0.2, 0.25) is 0 Å². The number of carbonyl (C=O) groups is 1. The SMILES string of the molecule is C=CCN1C(=O)C(c2ccccc2)S/C1=N/S(=O)(=O)c1ccc(CC)cc1. The van der Waals surface area contributed by atoms with Crippen molar-refractivity contribution in [1.29, 1.82) is 0 Å². The second-order valence-electron chi connectivity index (χ2n) is 5.99. The predicted molar refractivity (Wildman–Crippen MR) is 109 cm³/mol. The van der Waals surface area contributed by atoms with Gasteiger partial charge in [-0.2, -0.15) is 8.42 Å². The monoisotopic (exact) mass is 400 g/mol. The molecule has 0 bridgehead atoms. The Labute approximate surface area is 163 Å². The summed E-state index contributed by atoms with van der Waals surface area (Å²) in [5, 5.41) is -0.337. The van der Waals surface area contributed by atoms with Gasteiger partial charge in [0.05, 0.1) is 4.90 Å². The molecule has 1 aliphatic rings. The highest BCUT2D eigenvalue weighted by atomic mass is 32.2. The summed E-state index contributed by atoms with van der Waals surface area (Å²) < 4.78 is 29.4. The Hall–Kier alpha value is -2.38. The van der Waals surface area contributed by atoms with Crippen LogP contribution in [0.5, 0.6) is 0 Å². The predicted octanol–water partition coefficient (Wildman–Crippen LogP) is 3.80. The first-order valence-corrected chi connectivity index (χ1v) is 10.9. The fraction of sp³-hybridized carbons (Fsp3) is 0.200. The van der Waals surface area contributed by atoms with Crippen molar-refractivity contribution in [2.45, 2.75) is 23.5 Å². The Kier molecular flexibility index (Phi) is 5.82. The number of rotatable bonds is 6. The molecule has 1 atom stereocenters. The third-order valence-electron chi connectivity index (χ3n) is 4.19. The molecule has 1 fully saturated rings. The molecule has 0 spiro atoms. The molecule has 0 aliphatic carbocycles. The molecule has 0 saturated carbocycles. The third-order valence-corrected chi connectivity index (χ3v) is 6.81. The van der Waals surface area contributed by atoms with Crippen LogP contribution in [-0.4, -0.2) is 30.9 Å². The average Bonchev–Trinajstić information content (AvgIpc) is 2.98. The van der Waals surface area contributed by atoms with Gasteiger partial charge < -0.3 is 0 Å². The number of hydrogen-bond acceptors (Lipinski definition) is 4. The van der Waals surface area contributed by atoms with Crippen LogP contribution >= 0.6 is 11.8 Å². The highest BCUT2D eigenvalue weighted by molar-refractivity contribution is 8.15. The zero-order valence-corrected chi connectivity index (χ0v) is 16.5. The summed E-state index contributed by atoms with van der Waals surface area (Å²) in [7, 11) is -3.91. The molecule has 0 aromatic heterocycles. The summed E-state index contributed by atoms with van der Waals surface area (Å²) in [4.78, 5) is 14.3. The number of thioether (sulfide) groups is 1. The van der Waals surface area contributed by atoms with E-state index in [2.05, 4.69) is 11.0 Å². The Morgan fingerprint density at radius 1 is 1.15 bits per heavy atom. The van der Waals surface area contributed by atoms with E-state index in [9.17, 15) is 13.2 Å². The number of benzene rings is 2. The van der Waals surface area contributed by atoms with E-state index in [1.807, 2.05) is 37.3 Å². The number of carbonyl (C=O) groups excluding carboxylic acids is 1. The Bertz CT molecular complexity index is 968. The van der Waals surface area contributed by atoms with Gasteiger partial charge in [0.1, 0.15) is 5.25 Å². The summed E-state index contributed by atoms with van der Waals surface area (Å²) in [5.41, 5.74) is 1.86. The molecule has 1 amide bonds. The zero-order chi connectivity index (χ0) is 19.4. The van der Waals surface area contributed by atoms with Gasteiger partial charge in [-0.15, -0.1) is 11.0 Å². The molecule has 2 aromatic rings. The maximum atomic E-state index is 12.8. The second-order valence-corrected chi connectivity index (χ2v) is 8.67. The molecule has 0 radical (unpaired) electrons. The number of amidine groups is 1. The molecule has 27 heavy (non-hydrogen) atoms. The quantitative estimate of drug-likeness (QED) is 0.692. The molecule has 7 heteroatoms. The minimum absolute atomic E-state index is 0.113. The van der Waals surface area contributed by atoms with Gasteiger partial charge in [-0.25, -0.2) is 0 Å². The van der Waals surface area contributed by atoms with E-state index in [1.54, 1.807) is 30.3 Å². The fourth-order valence-corrected chi connectivity index (χ4v) is 5.09. The van der Waals surface area contributed by atoms with Crippen molar-refractivity contribution in [2.75, 3.05) is 6.54 Å². The number of aryl methyl sites for hydroxylation is 1. The van der Waals surface area contributed by atoms with Gasteiger partial charge in [-0.1, -0.05) is 67.2 Å². The van der Waals surface area contributed by atoms with Crippen molar-refractivity contribution in [3.8, 4) is 0 Å².